The molecule has 0 radical (unpaired) electrons. The van der Waals surface area contributed by atoms with Gasteiger partial charge in [-0.15, -0.1) is 0 Å². The molecule has 2 aromatic carbocycles. The van der Waals surface area contributed by atoms with Crippen LogP contribution in [-0.2, 0) is 19.2 Å². The second-order valence-corrected chi connectivity index (χ2v) is 12.0. The monoisotopic (exact) mass is 880 g/mol. The summed E-state index contributed by atoms with van der Waals surface area (Å²) < 4.78 is 127. The maximum atomic E-state index is 10.6. The number of nitrogens with zero attached hydrogens (tertiary/aromatic N) is 2. The van der Waals surface area contributed by atoms with Crippen molar-refractivity contribution in [1.82, 2.24) is 30.6 Å². The predicted octanol–water partition coefficient (Wildman–Crippen LogP) is 7.52. The number of aliphatic carboxylic acids is 4. The summed E-state index contributed by atoms with van der Waals surface area (Å²) in [5.74, 6) is -8.94. The molecule has 4 heterocycles. The Bertz CT molecular complexity index is 1810. The van der Waals surface area contributed by atoms with E-state index in [4.69, 9.17) is 39.6 Å². The number of benzene rings is 2. The Balaban J connectivity index is 0.000000361. The summed E-state index contributed by atoms with van der Waals surface area (Å²) in [6, 6.07) is 18.1. The van der Waals surface area contributed by atoms with E-state index in [0.717, 1.165) is 60.1 Å². The number of carbonyl (C=O) groups is 4. The molecule has 2 fully saturated rings. The number of carboxylic acid groups (broad SMARTS) is 4. The maximum Gasteiger partial charge on any atom is 0.490 e. The van der Waals surface area contributed by atoms with Gasteiger partial charge in [0.05, 0.1) is 35.9 Å². The third-order valence-corrected chi connectivity index (χ3v) is 7.67. The molecule has 0 unspecified atom stereocenters. The number of hydrogen-bond donors (Lipinski definition) is 8. The first-order valence-electron chi connectivity index (χ1n) is 16.6. The van der Waals surface area contributed by atoms with Gasteiger partial charge < -0.3 is 41.0 Å². The largest absolute Gasteiger partial charge is 0.490 e. The van der Waals surface area contributed by atoms with Crippen LogP contribution in [0.15, 0.2) is 60.9 Å². The van der Waals surface area contributed by atoms with Crippen molar-refractivity contribution in [2.24, 2.45) is 0 Å². The molecule has 0 bridgehead atoms. The van der Waals surface area contributed by atoms with Crippen LogP contribution in [0.2, 0.25) is 0 Å². The molecule has 14 nitrogen and oxygen atoms in total. The molecule has 0 saturated carbocycles. The maximum absolute atomic E-state index is 10.6. The highest BCUT2D eigenvalue weighted by atomic mass is 19.4. The molecule has 0 spiro atoms. The molecule has 0 amide bonds. The fourth-order valence-electron chi connectivity index (χ4n) is 4.84. The molecule has 0 aliphatic carbocycles. The fraction of sp³-hybridized carbons (Fsp3) is 0.353. The van der Waals surface area contributed by atoms with Crippen LogP contribution in [0.3, 0.4) is 0 Å². The lowest BCUT2D eigenvalue weighted by Crippen LogP contribution is -2.21. The van der Waals surface area contributed by atoms with Gasteiger partial charge in [-0.2, -0.15) is 52.7 Å². The fourth-order valence-corrected chi connectivity index (χ4v) is 4.84. The minimum Gasteiger partial charge on any atom is -0.475 e. The van der Waals surface area contributed by atoms with E-state index in [-0.39, 0.29) is 0 Å². The average Bonchev–Trinajstić information content (AvgIpc) is 3.99. The summed E-state index contributed by atoms with van der Waals surface area (Å²) in [5.41, 5.74) is 6.88. The molecular formula is C34H32F12N6O8. The van der Waals surface area contributed by atoms with E-state index in [1.54, 1.807) is 0 Å². The Labute approximate surface area is 328 Å². The lowest BCUT2D eigenvalue weighted by atomic mass is 10.0. The van der Waals surface area contributed by atoms with Crippen molar-refractivity contribution in [3.05, 3.63) is 72.6 Å². The van der Waals surface area contributed by atoms with Gasteiger partial charge >= 0.3 is 48.6 Å². The van der Waals surface area contributed by atoms with Gasteiger partial charge in [-0.3, -0.25) is 0 Å². The smallest absolute Gasteiger partial charge is 0.475 e. The molecule has 2 saturated heterocycles. The molecule has 60 heavy (non-hydrogen) atoms. The van der Waals surface area contributed by atoms with E-state index in [1.165, 1.54) is 24.0 Å². The van der Waals surface area contributed by atoms with Crippen LogP contribution >= 0.6 is 0 Å². The zero-order valence-corrected chi connectivity index (χ0v) is 30.0. The number of imidazole rings is 2. The number of nitrogens with one attached hydrogen (secondary N) is 4. The van der Waals surface area contributed by atoms with Gasteiger partial charge in [0.1, 0.15) is 11.6 Å². The predicted molar refractivity (Wildman–Crippen MR) is 182 cm³/mol. The van der Waals surface area contributed by atoms with Gasteiger partial charge in [0.2, 0.25) is 0 Å². The molecular weight excluding hydrogens is 848 g/mol. The van der Waals surface area contributed by atoms with Crippen molar-refractivity contribution in [3.8, 4) is 33.6 Å². The van der Waals surface area contributed by atoms with Crippen LogP contribution in [-0.4, -0.2) is 102 Å². The molecule has 6 rings (SSSR count). The molecule has 2 aliphatic rings. The minimum atomic E-state index is -5.08. The average molecular weight is 881 g/mol. The van der Waals surface area contributed by atoms with Crippen molar-refractivity contribution < 1.29 is 92.3 Å². The summed E-state index contributed by atoms with van der Waals surface area (Å²) >= 11 is 0. The SMILES string of the molecule is O=C(O)C(F)(F)F.O=C(O)C(F)(F)F.O=C(O)C(F)(F)F.O=C(O)C(F)(F)F.c1cc(-c2cnc([C@@H]3CCCN3)[nH]2)ccc1-c1ccc(-c2cnc([C@@H]3CCCN3)[nH]2)cc1. The number of halogens is 12. The Kier molecular flexibility index (Phi) is 17.6. The van der Waals surface area contributed by atoms with Gasteiger partial charge in [-0.25, -0.2) is 29.1 Å². The Morgan fingerprint density at radius 3 is 0.900 bits per heavy atom. The number of alkyl halides is 12. The van der Waals surface area contributed by atoms with Crippen molar-refractivity contribution in [3.63, 3.8) is 0 Å². The number of aromatic amines is 2. The second kappa shape index (κ2) is 21.2. The van der Waals surface area contributed by atoms with E-state index in [9.17, 15) is 52.7 Å². The molecule has 2 aliphatic heterocycles. The molecule has 26 heteroatoms. The molecule has 2 atom stereocenters. The van der Waals surface area contributed by atoms with Gasteiger partial charge in [-0.05, 0) is 61.0 Å². The molecule has 8 N–H and O–H groups in total. The lowest BCUT2D eigenvalue weighted by molar-refractivity contribution is -0.193. The summed E-state index contributed by atoms with van der Waals surface area (Å²) in [7, 11) is 0. The highest BCUT2D eigenvalue weighted by Gasteiger charge is 2.40. The Hall–Kier alpha value is -6.18. The standard InChI is InChI=1S/C26H28N6.4C2HF3O2/c1-3-21(27-13-1)25-29-15-23(31-25)19-9-5-17(6-10-19)18-7-11-20(12-8-18)24-16-30-26(32-24)22-4-2-14-28-22;4*3-2(4,5)1(6)7/h5-12,15-16,21-22,27-28H,1-4,13-14H2,(H,29,31)(H,30,32);4*(H,6,7)/t21-,22-;;;;/m0..../s1. The minimum absolute atomic E-state index is 0.363. The zero-order valence-electron chi connectivity index (χ0n) is 30.0. The van der Waals surface area contributed by atoms with Crippen LogP contribution in [0.1, 0.15) is 49.4 Å². The summed E-state index contributed by atoms with van der Waals surface area (Å²) in [6.07, 6.45) is -11.7. The van der Waals surface area contributed by atoms with Gasteiger partial charge in [0, 0.05) is 0 Å². The summed E-state index contributed by atoms with van der Waals surface area (Å²) in [6.45, 7) is 2.15. The summed E-state index contributed by atoms with van der Waals surface area (Å²) in [5, 5.41) is 35.5. The number of rotatable bonds is 5. The summed E-state index contributed by atoms with van der Waals surface area (Å²) in [4.78, 5) is 51.7. The zero-order chi connectivity index (χ0) is 45.6. The highest BCUT2D eigenvalue weighted by Crippen LogP contribution is 2.29. The van der Waals surface area contributed by atoms with E-state index in [1.807, 2.05) is 12.4 Å². The molecule has 330 valence electrons. The number of carboxylic acids is 4. The van der Waals surface area contributed by atoms with Gasteiger partial charge in [0.15, 0.2) is 0 Å². The quantitative estimate of drug-likeness (QED) is 0.0911. The van der Waals surface area contributed by atoms with Crippen molar-refractivity contribution >= 4 is 23.9 Å². The molecule has 2 aromatic heterocycles. The van der Waals surface area contributed by atoms with Crippen molar-refractivity contribution in [2.75, 3.05) is 13.1 Å². The first kappa shape index (κ1) is 50.0. The van der Waals surface area contributed by atoms with Gasteiger partial charge in [-0.1, -0.05) is 48.5 Å². The Morgan fingerprint density at radius 1 is 0.467 bits per heavy atom. The van der Waals surface area contributed by atoms with Crippen molar-refractivity contribution in [2.45, 2.75) is 62.5 Å². The normalized spacial score (nSPS) is 16.3. The van der Waals surface area contributed by atoms with Crippen LogP contribution in [0.5, 0.6) is 0 Å². The van der Waals surface area contributed by atoms with Crippen LogP contribution in [0.4, 0.5) is 52.7 Å². The molecule has 4 aromatic rings. The highest BCUT2D eigenvalue weighted by molar-refractivity contribution is 5.74. The van der Waals surface area contributed by atoms with Gasteiger partial charge in [0.25, 0.3) is 0 Å². The number of hydrogen-bond acceptors (Lipinski definition) is 8. The van der Waals surface area contributed by atoms with E-state index in [2.05, 4.69) is 79.1 Å². The topological polar surface area (TPSA) is 231 Å². The van der Waals surface area contributed by atoms with E-state index in [0.29, 0.717) is 12.1 Å². The van der Waals surface area contributed by atoms with E-state index >= 15 is 0 Å². The lowest BCUT2D eigenvalue weighted by Gasteiger charge is -2.07. The number of aromatic nitrogens is 4. The number of H-pyrrole nitrogens is 2. The Morgan fingerprint density at radius 2 is 0.700 bits per heavy atom. The van der Waals surface area contributed by atoms with Crippen LogP contribution in [0.25, 0.3) is 33.6 Å². The second-order valence-electron chi connectivity index (χ2n) is 12.0. The first-order chi connectivity index (χ1) is 27.6. The van der Waals surface area contributed by atoms with Crippen LogP contribution in [0, 0.1) is 0 Å². The first-order valence-corrected chi connectivity index (χ1v) is 16.6. The van der Waals surface area contributed by atoms with E-state index < -0.39 is 48.6 Å². The third-order valence-electron chi connectivity index (χ3n) is 7.67. The van der Waals surface area contributed by atoms with Crippen molar-refractivity contribution in [1.29, 1.82) is 0 Å². The van der Waals surface area contributed by atoms with Crippen LogP contribution < -0.4 is 10.6 Å². The third kappa shape index (κ3) is 16.6.